The highest BCUT2D eigenvalue weighted by Crippen LogP contribution is 2.30. The van der Waals surface area contributed by atoms with E-state index in [4.69, 9.17) is 0 Å². The standard InChI is InChI=1S/C20H14F4N2O2/c21-16-7-4-13(5-8-16)11-25-19(28)14-6-9-18(27)26(12-14)17-3-1-2-15(10-17)20(22,23)24/h1-10,12H,11H2,(H,25,28). The van der Waals surface area contributed by atoms with Crippen LogP contribution in [-0.4, -0.2) is 10.5 Å². The van der Waals surface area contributed by atoms with Crippen LogP contribution in [0.15, 0.2) is 71.7 Å². The number of hydrogen-bond acceptors (Lipinski definition) is 2. The minimum absolute atomic E-state index is 0.00647. The Morgan fingerprint density at radius 2 is 1.71 bits per heavy atom. The Balaban J connectivity index is 1.84. The lowest BCUT2D eigenvalue weighted by Crippen LogP contribution is -2.26. The second-order valence-electron chi connectivity index (χ2n) is 5.98. The number of amides is 1. The van der Waals surface area contributed by atoms with Crippen molar-refractivity contribution in [2.45, 2.75) is 12.7 Å². The lowest BCUT2D eigenvalue weighted by atomic mass is 10.1. The zero-order valence-electron chi connectivity index (χ0n) is 14.3. The van der Waals surface area contributed by atoms with Gasteiger partial charge in [-0.25, -0.2) is 4.39 Å². The maximum absolute atomic E-state index is 12.9. The van der Waals surface area contributed by atoms with Crippen molar-refractivity contribution in [2.24, 2.45) is 0 Å². The number of carbonyl (C=O) groups excluding carboxylic acids is 1. The topological polar surface area (TPSA) is 51.1 Å². The Kier molecular flexibility index (Phi) is 5.30. The van der Waals surface area contributed by atoms with Crippen molar-refractivity contribution < 1.29 is 22.4 Å². The van der Waals surface area contributed by atoms with E-state index in [1.54, 1.807) is 0 Å². The molecule has 0 atom stereocenters. The van der Waals surface area contributed by atoms with Gasteiger partial charge in [0.05, 0.1) is 11.1 Å². The average Bonchev–Trinajstić information content (AvgIpc) is 2.67. The monoisotopic (exact) mass is 390 g/mol. The molecular weight excluding hydrogens is 376 g/mol. The number of nitrogens with one attached hydrogen (secondary N) is 1. The van der Waals surface area contributed by atoms with Gasteiger partial charge in [0.25, 0.3) is 11.5 Å². The Morgan fingerprint density at radius 1 is 1.00 bits per heavy atom. The Hall–Kier alpha value is -3.42. The summed E-state index contributed by atoms with van der Waals surface area (Å²) in [4.78, 5) is 24.4. The van der Waals surface area contributed by atoms with Gasteiger partial charge >= 0.3 is 6.18 Å². The molecule has 0 aliphatic rings. The molecule has 8 heteroatoms. The first kappa shape index (κ1) is 19.3. The minimum Gasteiger partial charge on any atom is -0.348 e. The van der Waals surface area contributed by atoms with Gasteiger partial charge in [0.1, 0.15) is 5.82 Å². The van der Waals surface area contributed by atoms with Crippen LogP contribution in [-0.2, 0) is 12.7 Å². The molecule has 2 aromatic carbocycles. The van der Waals surface area contributed by atoms with E-state index in [0.29, 0.717) is 5.56 Å². The molecule has 144 valence electrons. The van der Waals surface area contributed by atoms with Crippen LogP contribution < -0.4 is 10.9 Å². The molecule has 0 aliphatic carbocycles. The van der Waals surface area contributed by atoms with Crippen molar-refractivity contribution in [3.8, 4) is 5.69 Å². The predicted octanol–water partition coefficient (Wildman–Crippen LogP) is 3.93. The molecule has 0 bridgehead atoms. The molecule has 0 saturated heterocycles. The van der Waals surface area contributed by atoms with Crippen molar-refractivity contribution in [1.29, 1.82) is 0 Å². The van der Waals surface area contributed by atoms with Crippen molar-refractivity contribution in [1.82, 2.24) is 9.88 Å². The van der Waals surface area contributed by atoms with Crippen molar-refractivity contribution in [2.75, 3.05) is 0 Å². The van der Waals surface area contributed by atoms with E-state index in [9.17, 15) is 27.2 Å². The second-order valence-corrected chi connectivity index (χ2v) is 5.98. The van der Waals surface area contributed by atoms with Gasteiger partial charge in [0.2, 0.25) is 0 Å². The van der Waals surface area contributed by atoms with Crippen molar-refractivity contribution in [3.63, 3.8) is 0 Å². The van der Waals surface area contributed by atoms with Gasteiger partial charge in [0.15, 0.2) is 0 Å². The summed E-state index contributed by atoms with van der Waals surface area (Å²) in [6, 6.07) is 12.2. The molecular formula is C20H14F4N2O2. The highest BCUT2D eigenvalue weighted by Gasteiger charge is 2.30. The highest BCUT2D eigenvalue weighted by atomic mass is 19.4. The molecule has 3 aromatic rings. The molecule has 4 nitrogen and oxygen atoms in total. The summed E-state index contributed by atoms with van der Waals surface area (Å²) in [7, 11) is 0. The molecule has 1 amide bonds. The third kappa shape index (κ3) is 4.46. The molecule has 1 heterocycles. The zero-order valence-corrected chi connectivity index (χ0v) is 14.3. The Morgan fingerprint density at radius 3 is 2.39 bits per heavy atom. The number of aromatic nitrogens is 1. The van der Waals surface area contributed by atoms with Crippen LogP contribution >= 0.6 is 0 Å². The minimum atomic E-state index is -4.55. The molecule has 28 heavy (non-hydrogen) atoms. The summed E-state index contributed by atoms with van der Waals surface area (Å²) >= 11 is 0. The van der Waals surface area contributed by atoms with Crippen LogP contribution in [0.2, 0.25) is 0 Å². The summed E-state index contributed by atoms with van der Waals surface area (Å²) in [5, 5.41) is 2.61. The molecule has 3 rings (SSSR count). The van der Waals surface area contributed by atoms with Gasteiger partial charge in [0, 0.05) is 24.5 Å². The highest BCUT2D eigenvalue weighted by molar-refractivity contribution is 5.93. The van der Waals surface area contributed by atoms with Gasteiger partial charge < -0.3 is 5.32 Å². The average molecular weight is 390 g/mol. The SMILES string of the molecule is O=C(NCc1ccc(F)cc1)c1ccc(=O)n(-c2cccc(C(F)(F)F)c2)c1. The number of pyridine rings is 1. The number of benzene rings is 2. The van der Waals surface area contributed by atoms with E-state index in [0.717, 1.165) is 22.8 Å². The van der Waals surface area contributed by atoms with Crippen LogP contribution in [0.25, 0.3) is 5.69 Å². The van der Waals surface area contributed by atoms with Crippen LogP contribution in [0.4, 0.5) is 17.6 Å². The fourth-order valence-electron chi connectivity index (χ4n) is 2.54. The summed E-state index contributed by atoms with van der Waals surface area (Å²) in [5.41, 5.74) is -0.717. The summed E-state index contributed by atoms with van der Waals surface area (Å²) in [5.74, 6) is -0.923. The quantitative estimate of drug-likeness (QED) is 0.687. The molecule has 1 aromatic heterocycles. The van der Waals surface area contributed by atoms with E-state index < -0.39 is 29.0 Å². The van der Waals surface area contributed by atoms with Gasteiger partial charge in [-0.15, -0.1) is 0 Å². The molecule has 0 unspecified atom stereocenters. The predicted molar refractivity (Wildman–Crippen MR) is 94.6 cm³/mol. The fourth-order valence-corrected chi connectivity index (χ4v) is 2.54. The smallest absolute Gasteiger partial charge is 0.348 e. The first-order valence-electron chi connectivity index (χ1n) is 8.17. The maximum atomic E-state index is 12.9. The maximum Gasteiger partial charge on any atom is 0.416 e. The second kappa shape index (κ2) is 7.67. The number of halogens is 4. The molecule has 0 aliphatic heterocycles. The Labute approximate surface area is 157 Å². The number of hydrogen-bond donors (Lipinski definition) is 1. The lowest BCUT2D eigenvalue weighted by molar-refractivity contribution is -0.137. The third-order valence-electron chi connectivity index (χ3n) is 3.99. The normalized spacial score (nSPS) is 11.3. The molecule has 1 N–H and O–H groups in total. The summed E-state index contributed by atoms with van der Waals surface area (Å²) in [6.07, 6.45) is -3.37. The van der Waals surface area contributed by atoms with Crippen molar-refractivity contribution in [3.05, 3.63) is 99.7 Å². The van der Waals surface area contributed by atoms with Gasteiger partial charge in [-0.2, -0.15) is 13.2 Å². The lowest BCUT2D eigenvalue weighted by Gasteiger charge is -2.12. The number of rotatable bonds is 4. The van der Waals surface area contributed by atoms with Crippen LogP contribution in [0.1, 0.15) is 21.5 Å². The van der Waals surface area contributed by atoms with Gasteiger partial charge in [-0.3, -0.25) is 14.2 Å². The molecule has 0 spiro atoms. The number of carbonyl (C=O) groups is 1. The van der Waals surface area contributed by atoms with Crippen LogP contribution in [0.3, 0.4) is 0 Å². The largest absolute Gasteiger partial charge is 0.416 e. The third-order valence-corrected chi connectivity index (χ3v) is 3.99. The van der Waals surface area contributed by atoms with E-state index in [2.05, 4.69) is 5.32 Å². The van der Waals surface area contributed by atoms with Crippen molar-refractivity contribution >= 4 is 5.91 Å². The molecule has 0 radical (unpaired) electrons. The first-order chi connectivity index (χ1) is 13.2. The van der Waals surface area contributed by atoms with Crippen LogP contribution in [0.5, 0.6) is 0 Å². The first-order valence-corrected chi connectivity index (χ1v) is 8.17. The fraction of sp³-hybridized carbons (Fsp3) is 0.100. The van der Waals surface area contributed by atoms with Gasteiger partial charge in [-0.05, 0) is 42.0 Å². The molecule has 0 fully saturated rings. The summed E-state index contributed by atoms with van der Waals surface area (Å²) < 4.78 is 52.6. The summed E-state index contributed by atoms with van der Waals surface area (Å²) in [6.45, 7) is 0.127. The van der Waals surface area contributed by atoms with E-state index in [1.165, 1.54) is 48.7 Å². The van der Waals surface area contributed by atoms with Gasteiger partial charge in [-0.1, -0.05) is 18.2 Å². The zero-order chi connectivity index (χ0) is 20.3. The number of alkyl halides is 3. The molecule has 0 saturated carbocycles. The van der Waals surface area contributed by atoms with E-state index >= 15 is 0 Å². The number of nitrogens with zero attached hydrogens (tertiary/aromatic N) is 1. The van der Waals surface area contributed by atoms with Crippen LogP contribution in [0, 0.1) is 5.82 Å². The Bertz CT molecular complexity index is 1060. The van der Waals surface area contributed by atoms with E-state index in [1.807, 2.05) is 0 Å². The van der Waals surface area contributed by atoms with E-state index in [-0.39, 0.29) is 17.8 Å².